The molecule has 1 amide bonds. The van der Waals surface area contributed by atoms with Crippen molar-refractivity contribution in [3.05, 3.63) is 35.4 Å². The van der Waals surface area contributed by atoms with Gasteiger partial charge in [-0.05, 0) is 25.0 Å². The van der Waals surface area contributed by atoms with Gasteiger partial charge >= 0.3 is 0 Å². The van der Waals surface area contributed by atoms with E-state index in [0.29, 0.717) is 18.7 Å². The molecule has 0 saturated carbocycles. The third-order valence-electron chi connectivity index (χ3n) is 2.28. The summed E-state index contributed by atoms with van der Waals surface area (Å²) in [6.07, 6.45) is 0.341. The molecular formula is C12H17N3O. The summed E-state index contributed by atoms with van der Waals surface area (Å²) in [7, 11) is 0. The van der Waals surface area contributed by atoms with Gasteiger partial charge in [0.2, 0.25) is 5.91 Å². The number of carbonyl (C=O) groups excluding carboxylic acids is 1. The molecule has 0 fully saturated rings. The van der Waals surface area contributed by atoms with Crippen molar-refractivity contribution in [2.24, 2.45) is 10.8 Å². The van der Waals surface area contributed by atoms with E-state index in [1.165, 1.54) is 0 Å². The fourth-order valence-corrected chi connectivity index (χ4v) is 1.22. The van der Waals surface area contributed by atoms with Crippen LogP contribution in [0.25, 0.3) is 0 Å². The summed E-state index contributed by atoms with van der Waals surface area (Å²) in [5.74, 6) is -0.123. The Hall–Kier alpha value is -1.68. The average molecular weight is 219 g/mol. The Kier molecular flexibility index (Phi) is 4.66. The van der Waals surface area contributed by atoms with Crippen molar-refractivity contribution in [1.82, 2.24) is 5.43 Å². The third-order valence-corrected chi connectivity index (χ3v) is 2.28. The maximum Gasteiger partial charge on any atom is 0.244 e. The van der Waals surface area contributed by atoms with Crippen molar-refractivity contribution in [2.45, 2.75) is 20.3 Å². The molecule has 16 heavy (non-hydrogen) atoms. The Morgan fingerprint density at radius 1 is 1.44 bits per heavy atom. The van der Waals surface area contributed by atoms with Crippen LogP contribution in [-0.4, -0.2) is 18.2 Å². The highest BCUT2D eigenvalue weighted by molar-refractivity contribution is 5.86. The molecule has 1 aromatic rings. The SMILES string of the molecule is C/C(CN)=N\NC(=O)Cc1ccccc1C. The summed E-state index contributed by atoms with van der Waals surface area (Å²) in [6, 6.07) is 7.79. The maximum absolute atomic E-state index is 11.5. The lowest BCUT2D eigenvalue weighted by molar-refractivity contribution is -0.120. The van der Waals surface area contributed by atoms with E-state index in [2.05, 4.69) is 10.5 Å². The summed E-state index contributed by atoms with van der Waals surface area (Å²) in [6.45, 7) is 4.11. The Morgan fingerprint density at radius 3 is 2.75 bits per heavy atom. The van der Waals surface area contributed by atoms with Gasteiger partial charge in [-0.1, -0.05) is 24.3 Å². The summed E-state index contributed by atoms with van der Waals surface area (Å²) >= 11 is 0. The zero-order chi connectivity index (χ0) is 12.0. The monoisotopic (exact) mass is 219 g/mol. The number of hydrogen-bond donors (Lipinski definition) is 2. The molecule has 0 radical (unpaired) electrons. The van der Waals surface area contributed by atoms with E-state index >= 15 is 0 Å². The molecule has 0 saturated heterocycles. The van der Waals surface area contributed by atoms with Crippen LogP contribution in [-0.2, 0) is 11.2 Å². The number of nitrogens with two attached hydrogens (primary N) is 1. The second-order valence-corrected chi connectivity index (χ2v) is 3.69. The van der Waals surface area contributed by atoms with Gasteiger partial charge in [0.05, 0.1) is 6.42 Å². The van der Waals surface area contributed by atoms with Gasteiger partial charge in [-0.25, -0.2) is 5.43 Å². The molecule has 0 aliphatic heterocycles. The number of hydrazone groups is 1. The predicted octanol–water partition coefficient (Wildman–Crippen LogP) is 0.988. The van der Waals surface area contributed by atoms with Gasteiger partial charge in [-0.15, -0.1) is 0 Å². The van der Waals surface area contributed by atoms with Gasteiger partial charge in [-0.3, -0.25) is 4.79 Å². The summed E-state index contributed by atoms with van der Waals surface area (Å²) in [5.41, 5.74) is 10.7. The molecule has 0 bridgehead atoms. The van der Waals surface area contributed by atoms with Gasteiger partial charge in [0.1, 0.15) is 0 Å². The van der Waals surface area contributed by atoms with Crippen molar-refractivity contribution in [3.8, 4) is 0 Å². The van der Waals surface area contributed by atoms with Crippen LogP contribution in [0.1, 0.15) is 18.1 Å². The highest BCUT2D eigenvalue weighted by atomic mass is 16.2. The molecule has 0 atom stereocenters. The fourth-order valence-electron chi connectivity index (χ4n) is 1.22. The van der Waals surface area contributed by atoms with Crippen molar-refractivity contribution >= 4 is 11.6 Å². The van der Waals surface area contributed by atoms with Crippen LogP contribution in [0.3, 0.4) is 0 Å². The number of hydrogen-bond acceptors (Lipinski definition) is 3. The standard InChI is InChI=1S/C12H17N3O/c1-9-5-3-4-6-11(9)7-12(16)15-14-10(2)8-13/h3-6H,7-8,13H2,1-2H3,(H,15,16)/b14-10+. The molecule has 1 rings (SSSR count). The average Bonchev–Trinajstić information content (AvgIpc) is 2.29. The molecule has 0 heterocycles. The van der Waals surface area contributed by atoms with Crippen LogP contribution in [0.2, 0.25) is 0 Å². The number of rotatable bonds is 4. The number of carbonyl (C=O) groups is 1. The predicted molar refractivity (Wildman–Crippen MR) is 65.2 cm³/mol. The Balaban J connectivity index is 2.56. The van der Waals surface area contributed by atoms with E-state index in [-0.39, 0.29) is 5.91 Å². The first-order valence-electron chi connectivity index (χ1n) is 5.20. The Bertz CT molecular complexity index is 399. The smallest absolute Gasteiger partial charge is 0.244 e. The molecular weight excluding hydrogens is 202 g/mol. The van der Waals surface area contributed by atoms with E-state index in [0.717, 1.165) is 11.1 Å². The normalized spacial score (nSPS) is 11.3. The Morgan fingerprint density at radius 2 is 2.12 bits per heavy atom. The first-order chi connectivity index (χ1) is 7.63. The molecule has 0 aliphatic carbocycles. The maximum atomic E-state index is 11.5. The molecule has 0 aliphatic rings. The molecule has 4 nitrogen and oxygen atoms in total. The number of nitrogens with one attached hydrogen (secondary N) is 1. The van der Waals surface area contributed by atoms with Gasteiger partial charge in [0.25, 0.3) is 0 Å². The molecule has 0 spiro atoms. The minimum atomic E-state index is -0.123. The highest BCUT2D eigenvalue weighted by Crippen LogP contribution is 2.07. The van der Waals surface area contributed by atoms with Crippen LogP contribution >= 0.6 is 0 Å². The minimum Gasteiger partial charge on any atom is -0.325 e. The van der Waals surface area contributed by atoms with Crippen molar-refractivity contribution in [3.63, 3.8) is 0 Å². The third kappa shape index (κ3) is 3.82. The molecule has 4 heteroatoms. The molecule has 0 unspecified atom stereocenters. The first kappa shape index (κ1) is 12.4. The zero-order valence-corrected chi connectivity index (χ0v) is 9.66. The number of benzene rings is 1. The van der Waals surface area contributed by atoms with Gasteiger partial charge in [0, 0.05) is 12.3 Å². The van der Waals surface area contributed by atoms with E-state index in [4.69, 9.17) is 5.73 Å². The molecule has 3 N–H and O–H groups in total. The number of nitrogens with zero attached hydrogens (tertiary/aromatic N) is 1. The highest BCUT2D eigenvalue weighted by Gasteiger charge is 2.04. The van der Waals surface area contributed by atoms with Crippen LogP contribution in [0.4, 0.5) is 0 Å². The van der Waals surface area contributed by atoms with Crippen LogP contribution in [0, 0.1) is 6.92 Å². The van der Waals surface area contributed by atoms with E-state index in [9.17, 15) is 4.79 Å². The number of aryl methyl sites for hydroxylation is 1. The van der Waals surface area contributed by atoms with Crippen molar-refractivity contribution in [2.75, 3.05) is 6.54 Å². The molecule has 86 valence electrons. The summed E-state index contributed by atoms with van der Waals surface area (Å²) in [4.78, 5) is 11.5. The van der Waals surface area contributed by atoms with E-state index in [1.807, 2.05) is 31.2 Å². The lowest BCUT2D eigenvalue weighted by atomic mass is 10.1. The van der Waals surface area contributed by atoms with Crippen LogP contribution in [0.15, 0.2) is 29.4 Å². The molecule has 0 aromatic heterocycles. The Labute approximate surface area is 95.5 Å². The zero-order valence-electron chi connectivity index (χ0n) is 9.66. The fraction of sp³-hybridized carbons (Fsp3) is 0.333. The second kappa shape index (κ2) is 6.02. The quantitative estimate of drug-likeness (QED) is 0.585. The van der Waals surface area contributed by atoms with Crippen LogP contribution in [0.5, 0.6) is 0 Å². The topological polar surface area (TPSA) is 67.5 Å². The second-order valence-electron chi connectivity index (χ2n) is 3.69. The molecule has 1 aromatic carbocycles. The summed E-state index contributed by atoms with van der Waals surface area (Å²) < 4.78 is 0. The van der Waals surface area contributed by atoms with E-state index < -0.39 is 0 Å². The van der Waals surface area contributed by atoms with Gasteiger partial charge < -0.3 is 5.73 Å². The lowest BCUT2D eigenvalue weighted by Gasteiger charge is -2.04. The van der Waals surface area contributed by atoms with Crippen LogP contribution < -0.4 is 11.2 Å². The summed E-state index contributed by atoms with van der Waals surface area (Å²) in [5, 5.41) is 3.86. The van der Waals surface area contributed by atoms with Crippen molar-refractivity contribution in [1.29, 1.82) is 0 Å². The van der Waals surface area contributed by atoms with Gasteiger partial charge in [-0.2, -0.15) is 5.10 Å². The van der Waals surface area contributed by atoms with Gasteiger partial charge in [0.15, 0.2) is 0 Å². The minimum absolute atomic E-state index is 0.123. The van der Waals surface area contributed by atoms with Crippen molar-refractivity contribution < 1.29 is 4.79 Å². The number of amides is 1. The lowest BCUT2D eigenvalue weighted by Crippen LogP contribution is -2.23. The first-order valence-corrected chi connectivity index (χ1v) is 5.20. The van der Waals surface area contributed by atoms with E-state index in [1.54, 1.807) is 6.92 Å². The largest absolute Gasteiger partial charge is 0.325 e.